The smallest absolute Gasteiger partial charge is 0.262 e. The minimum absolute atomic E-state index is 0.00419. The van der Waals surface area contributed by atoms with Crippen molar-refractivity contribution < 1.29 is 9.59 Å². The van der Waals surface area contributed by atoms with E-state index in [0.29, 0.717) is 30.4 Å². The third-order valence-electron chi connectivity index (χ3n) is 4.50. The number of hydrogen-bond acceptors (Lipinski definition) is 5. The Bertz CT molecular complexity index is 877. The van der Waals surface area contributed by atoms with E-state index in [4.69, 9.17) is 0 Å². The average molecular weight is 357 g/mol. The van der Waals surface area contributed by atoms with Gasteiger partial charge in [-0.25, -0.2) is 4.98 Å². The molecular weight excluding hydrogens is 334 g/mol. The fourth-order valence-corrected chi connectivity index (χ4v) is 3.10. The molecule has 0 spiro atoms. The van der Waals surface area contributed by atoms with Gasteiger partial charge in [0, 0.05) is 19.5 Å². The van der Waals surface area contributed by atoms with Crippen molar-refractivity contribution in [3.8, 4) is 0 Å². The molecule has 2 amide bonds. The highest BCUT2D eigenvalue weighted by Crippen LogP contribution is 2.12. The quantitative estimate of drug-likeness (QED) is 0.786. The molecule has 8 nitrogen and oxygen atoms in total. The summed E-state index contributed by atoms with van der Waals surface area (Å²) in [4.78, 5) is 42.7. The van der Waals surface area contributed by atoms with Gasteiger partial charge in [-0.2, -0.15) is 0 Å². The lowest BCUT2D eigenvalue weighted by Gasteiger charge is -2.20. The molecule has 0 radical (unpaired) electrons. The molecule has 3 rings (SSSR count). The molecule has 1 aliphatic rings. The van der Waals surface area contributed by atoms with Crippen LogP contribution in [0.3, 0.4) is 0 Å². The summed E-state index contributed by atoms with van der Waals surface area (Å²) in [6.45, 7) is 2.84. The van der Waals surface area contributed by atoms with Crippen molar-refractivity contribution in [3.63, 3.8) is 0 Å². The number of nitrogens with one attached hydrogen (secondary N) is 2. The van der Waals surface area contributed by atoms with E-state index >= 15 is 0 Å². The highest BCUT2D eigenvalue weighted by atomic mass is 16.2. The number of amides is 2. The number of para-hydroxylation sites is 1. The zero-order valence-corrected chi connectivity index (χ0v) is 14.8. The number of anilines is 1. The molecule has 26 heavy (non-hydrogen) atoms. The normalized spacial score (nSPS) is 15.0. The Morgan fingerprint density at radius 3 is 2.81 bits per heavy atom. The molecule has 2 aromatic rings. The molecule has 1 aromatic carbocycles. The second-order valence-electron chi connectivity index (χ2n) is 6.30. The number of fused-ring (bicyclic) bond motifs is 1. The highest BCUT2D eigenvalue weighted by molar-refractivity contribution is 5.85. The number of benzene rings is 1. The lowest BCUT2D eigenvalue weighted by Crippen LogP contribution is -2.43. The van der Waals surface area contributed by atoms with E-state index in [-0.39, 0.29) is 29.9 Å². The molecule has 2 heterocycles. The Morgan fingerprint density at radius 2 is 2.00 bits per heavy atom. The zero-order chi connectivity index (χ0) is 18.5. The maximum absolute atomic E-state index is 12.5. The van der Waals surface area contributed by atoms with Crippen molar-refractivity contribution in [2.75, 3.05) is 18.5 Å². The summed E-state index contributed by atoms with van der Waals surface area (Å²) in [5.74, 6) is -0.0657. The van der Waals surface area contributed by atoms with Gasteiger partial charge in [0.15, 0.2) is 0 Å². The molecule has 0 aliphatic carbocycles. The van der Waals surface area contributed by atoms with Crippen LogP contribution in [0.1, 0.15) is 32.6 Å². The Labute approximate surface area is 151 Å². The number of rotatable bonds is 5. The molecule has 0 bridgehead atoms. The van der Waals surface area contributed by atoms with Crippen LogP contribution in [0.4, 0.5) is 5.95 Å². The predicted molar refractivity (Wildman–Crippen MR) is 98.5 cm³/mol. The van der Waals surface area contributed by atoms with Crippen molar-refractivity contribution in [2.24, 2.45) is 0 Å². The number of likely N-dealkylation sites (tertiary alicyclic amines) is 1. The first-order chi connectivity index (χ1) is 12.6. The van der Waals surface area contributed by atoms with Gasteiger partial charge in [0.2, 0.25) is 11.9 Å². The molecule has 1 fully saturated rings. The van der Waals surface area contributed by atoms with Gasteiger partial charge in [0.05, 0.1) is 10.9 Å². The summed E-state index contributed by atoms with van der Waals surface area (Å²) >= 11 is 0. The summed E-state index contributed by atoms with van der Waals surface area (Å²) in [5, 5.41) is 0.529. The molecule has 1 saturated heterocycles. The van der Waals surface area contributed by atoms with Crippen LogP contribution in [0.2, 0.25) is 0 Å². The second-order valence-corrected chi connectivity index (χ2v) is 6.30. The van der Waals surface area contributed by atoms with Crippen LogP contribution in [-0.2, 0) is 16.1 Å². The van der Waals surface area contributed by atoms with Crippen molar-refractivity contribution in [2.45, 2.75) is 39.2 Å². The Balaban J connectivity index is 1.71. The molecule has 1 aromatic heterocycles. The zero-order valence-electron chi connectivity index (χ0n) is 14.8. The maximum atomic E-state index is 12.5. The first kappa shape index (κ1) is 17.9. The molecule has 0 unspecified atom stereocenters. The van der Waals surface area contributed by atoms with Gasteiger partial charge in [-0.1, -0.05) is 18.6 Å². The Hall–Kier alpha value is -2.90. The van der Waals surface area contributed by atoms with Gasteiger partial charge < -0.3 is 4.90 Å². The number of carbonyl (C=O) groups is 2. The van der Waals surface area contributed by atoms with E-state index in [1.807, 2.05) is 6.92 Å². The third-order valence-corrected chi connectivity index (χ3v) is 4.50. The molecule has 1 aliphatic heterocycles. The summed E-state index contributed by atoms with van der Waals surface area (Å²) in [5.41, 5.74) is 5.67. The van der Waals surface area contributed by atoms with Crippen LogP contribution >= 0.6 is 0 Å². The van der Waals surface area contributed by atoms with E-state index in [1.165, 1.54) is 4.57 Å². The van der Waals surface area contributed by atoms with E-state index in [1.54, 1.807) is 29.2 Å². The van der Waals surface area contributed by atoms with E-state index in [9.17, 15) is 14.4 Å². The van der Waals surface area contributed by atoms with Gasteiger partial charge in [-0.3, -0.25) is 29.8 Å². The van der Waals surface area contributed by atoms with Crippen LogP contribution < -0.4 is 16.4 Å². The van der Waals surface area contributed by atoms with Gasteiger partial charge in [-0.15, -0.1) is 0 Å². The van der Waals surface area contributed by atoms with Gasteiger partial charge >= 0.3 is 0 Å². The maximum Gasteiger partial charge on any atom is 0.262 e. The number of aromatic nitrogens is 2. The van der Waals surface area contributed by atoms with Crippen LogP contribution in [0.25, 0.3) is 10.9 Å². The van der Waals surface area contributed by atoms with Crippen LogP contribution in [0, 0.1) is 0 Å². The van der Waals surface area contributed by atoms with Gasteiger partial charge in [0.1, 0.15) is 6.54 Å². The monoisotopic (exact) mass is 357 g/mol. The minimum Gasteiger partial charge on any atom is -0.333 e. The first-order valence-electron chi connectivity index (χ1n) is 8.92. The topological polar surface area (TPSA) is 96.3 Å². The van der Waals surface area contributed by atoms with Gasteiger partial charge in [0.25, 0.3) is 11.5 Å². The number of hydrazine groups is 1. The summed E-state index contributed by atoms with van der Waals surface area (Å²) in [7, 11) is 0. The number of nitrogens with zero attached hydrogens (tertiary/aromatic N) is 3. The fourth-order valence-electron chi connectivity index (χ4n) is 3.10. The number of carbonyl (C=O) groups excluding carboxylic acids is 2. The van der Waals surface area contributed by atoms with Gasteiger partial charge in [-0.05, 0) is 31.9 Å². The summed E-state index contributed by atoms with van der Waals surface area (Å²) < 4.78 is 1.46. The van der Waals surface area contributed by atoms with Crippen molar-refractivity contribution in [1.29, 1.82) is 0 Å². The molecule has 138 valence electrons. The lowest BCUT2D eigenvalue weighted by atomic mass is 10.2. The Kier molecular flexibility index (Phi) is 5.50. The lowest BCUT2D eigenvalue weighted by molar-refractivity contribution is -0.135. The van der Waals surface area contributed by atoms with E-state index in [2.05, 4.69) is 15.8 Å². The molecule has 8 heteroatoms. The van der Waals surface area contributed by atoms with Crippen molar-refractivity contribution >= 4 is 28.7 Å². The van der Waals surface area contributed by atoms with Crippen LogP contribution in [0.5, 0.6) is 0 Å². The summed E-state index contributed by atoms with van der Waals surface area (Å²) in [6.07, 6.45) is 3.28. The molecule has 0 atom stereocenters. The predicted octanol–water partition coefficient (Wildman–Crippen LogP) is 1.26. The van der Waals surface area contributed by atoms with Crippen molar-refractivity contribution in [3.05, 3.63) is 34.6 Å². The second kappa shape index (κ2) is 7.99. The number of hydrogen-bond donors (Lipinski definition) is 2. The van der Waals surface area contributed by atoms with E-state index in [0.717, 1.165) is 19.3 Å². The molecule has 0 saturated carbocycles. The highest BCUT2D eigenvalue weighted by Gasteiger charge is 2.19. The third kappa shape index (κ3) is 3.84. The minimum atomic E-state index is -0.342. The van der Waals surface area contributed by atoms with Crippen LogP contribution in [0.15, 0.2) is 29.1 Å². The fraction of sp³-hybridized carbons (Fsp3) is 0.444. The molecule has 2 N–H and O–H groups in total. The SMILES string of the molecule is CCn1c(NNC(=O)CN2CCCCCC2=O)nc2ccccc2c1=O. The Morgan fingerprint density at radius 1 is 1.19 bits per heavy atom. The van der Waals surface area contributed by atoms with Crippen molar-refractivity contribution in [1.82, 2.24) is 19.9 Å². The molecular formula is C18H23N5O3. The van der Waals surface area contributed by atoms with Crippen LogP contribution in [-0.4, -0.2) is 39.4 Å². The first-order valence-corrected chi connectivity index (χ1v) is 8.92. The standard InChI is InChI=1S/C18H23N5O3/c1-2-23-17(26)13-8-5-6-9-14(13)19-18(23)21-20-15(24)12-22-11-7-3-4-10-16(22)25/h5-6,8-9H,2-4,7,10-12H2,1H3,(H,19,21)(H,20,24). The average Bonchev–Trinajstić information content (AvgIpc) is 2.84. The largest absolute Gasteiger partial charge is 0.333 e. The van der Waals surface area contributed by atoms with E-state index < -0.39 is 0 Å². The summed E-state index contributed by atoms with van der Waals surface area (Å²) in [6, 6.07) is 7.07.